The third-order valence-electron chi connectivity index (χ3n) is 3.94. The quantitative estimate of drug-likeness (QED) is 0.822. The van der Waals surface area contributed by atoms with Gasteiger partial charge >= 0.3 is 0 Å². The minimum absolute atomic E-state index is 0.0541. The first kappa shape index (κ1) is 18.1. The number of methoxy groups -OCH3 is 1. The Morgan fingerprint density at radius 2 is 2.39 bits per heavy atom. The van der Waals surface area contributed by atoms with E-state index in [0.717, 1.165) is 31.5 Å². The molecule has 1 aliphatic heterocycles. The zero-order valence-electron chi connectivity index (χ0n) is 13.2. The summed E-state index contributed by atoms with van der Waals surface area (Å²) >= 11 is 6.08. The molecule has 0 aliphatic carbocycles. The summed E-state index contributed by atoms with van der Waals surface area (Å²) in [5.41, 5.74) is 6.62. The fourth-order valence-electron chi connectivity index (χ4n) is 2.77. The van der Waals surface area contributed by atoms with Crippen LogP contribution in [0.25, 0.3) is 0 Å². The first-order valence-corrected chi connectivity index (χ1v) is 8.08. The minimum Gasteiger partial charge on any atom is -0.383 e. The van der Waals surface area contributed by atoms with E-state index in [1.54, 1.807) is 6.07 Å². The lowest BCUT2D eigenvalue weighted by molar-refractivity contribution is -0.124. The Kier molecular flexibility index (Phi) is 6.77. The van der Waals surface area contributed by atoms with Crippen LogP contribution in [-0.2, 0) is 16.1 Å². The van der Waals surface area contributed by atoms with Crippen LogP contribution in [0.2, 0.25) is 5.02 Å². The maximum absolute atomic E-state index is 13.1. The summed E-state index contributed by atoms with van der Waals surface area (Å²) in [6.45, 7) is 2.48. The molecule has 5 nitrogen and oxygen atoms in total. The normalized spacial score (nSPS) is 20.3. The molecule has 2 unspecified atom stereocenters. The van der Waals surface area contributed by atoms with E-state index in [2.05, 4.69) is 10.2 Å². The molecule has 0 spiro atoms. The van der Waals surface area contributed by atoms with Crippen LogP contribution in [0.5, 0.6) is 0 Å². The SMILES string of the molecule is COCC(N)C(=O)NC1CCCN(Cc2ccc(F)cc2Cl)C1. The number of halogens is 2. The van der Waals surface area contributed by atoms with Crippen molar-refractivity contribution in [1.82, 2.24) is 10.2 Å². The van der Waals surface area contributed by atoms with Crippen molar-refractivity contribution in [1.29, 1.82) is 0 Å². The molecule has 1 aromatic carbocycles. The molecule has 7 heteroatoms. The van der Waals surface area contributed by atoms with Crippen molar-refractivity contribution in [2.45, 2.75) is 31.5 Å². The van der Waals surface area contributed by atoms with Crippen molar-refractivity contribution in [2.24, 2.45) is 5.73 Å². The number of likely N-dealkylation sites (tertiary alicyclic amines) is 1. The number of hydrogen-bond donors (Lipinski definition) is 2. The van der Waals surface area contributed by atoms with Crippen LogP contribution < -0.4 is 11.1 Å². The average molecular weight is 344 g/mol. The van der Waals surface area contributed by atoms with E-state index in [-0.39, 0.29) is 24.4 Å². The highest BCUT2D eigenvalue weighted by Crippen LogP contribution is 2.21. The maximum Gasteiger partial charge on any atom is 0.239 e. The third kappa shape index (κ3) is 5.42. The van der Waals surface area contributed by atoms with Gasteiger partial charge in [-0.1, -0.05) is 17.7 Å². The number of nitrogens with one attached hydrogen (secondary N) is 1. The van der Waals surface area contributed by atoms with E-state index in [1.807, 2.05) is 0 Å². The van der Waals surface area contributed by atoms with Crippen LogP contribution in [-0.4, -0.2) is 49.7 Å². The Bertz CT molecular complexity index is 544. The number of piperidine rings is 1. The summed E-state index contributed by atoms with van der Waals surface area (Å²) in [6.07, 6.45) is 1.89. The lowest BCUT2D eigenvalue weighted by Crippen LogP contribution is -2.52. The van der Waals surface area contributed by atoms with Crippen LogP contribution in [0.3, 0.4) is 0 Å². The Labute approximate surface area is 140 Å². The molecule has 3 N–H and O–H groups in total. The molecule has 0 aromatic heterocycles. The van der Waals surface area contributed by atoms with Crippen LogP contribution in [0.15, 0.2) is 18.2 Å². The van der Waals surface area contributed by atoms with Gasteiger partial charge in [0.2, 0.25) is 5.91 Å². The van der Waals surface area contributed by atoms with Crippen molar-refractivity contribution in [3.8, 4) is 0 Å². The van der Waals surface area contributed by atoms with Crippen molar-refractivity contribution >= 4 is 17.5 Å². The number of benzene rings is 1. The zero-order valence-corrected chi connectivity index (χ0v) is 14.0. The molecule has 1 saturated heterocycles. The molecule has 0 saturated carbocycles. The average Bonchev–Trinajstić information content (AvgIpc) is 2.51. The predicted molar refractivity (Wildman–Crippen MR) is 87.7 cm³/mol. The second-order valence-electron chi connectivity index (χ2n) is 5.88. The van der Waals surface area contributed by atoms with Crippen LogP contribution in [0.1, 0.15) is 18.4 Å². The van der Waals surface area contributed by atoms with Gasteiger partial charge in [0.05, 0.1) is 6.61 Å². The smallest absolute Gasteiger partial charge is 0.239 e. The van der Waals surface area contributed by atoms with Crippen molar-refractivity contribution in [2.75, 3.05) is 26.8 Å². The number of rotatable bonds is 6. The van der Waals surface area contributed by atoms with Gasteiger partial charge in [-0.05, 0) is 37.1 Å². The predicted octanol–water partition coefficient (Wildman–Crippen LogP) is 1.53. The molecule has 2 atom stereocenters. The summed E-state index contributed by atoms with van der Waals surface area (Å²) < 4.78 is 18.0. The lowest BCUT2D eigenvalue weighted by atomic mass is 10.0. The highest BCUT2D eigenvalue weighted by atomic mass is 35.5. The van der Waals surface area contributed by atoms with Gasteiger partial charge in [0.25, 0.3) is 0 Å². The fraction of sp³-hybridized carbons (Fsp3) is 0.562. The first-order chi connectivity index (χ1) is 11.0. The topological polar surface area (TPSA) is 67.6 Å². The molecule has 1 heterocycles. The summed E-state index contributed by atoms with van der Waals surface area (Å²) in [7, 11) is 1.52. The van der Waals surface area contributed by atoms with Crippen LogP contribution in [0.4, 0.5) is 4.39 Å². The van der Waals surface area contributed by atoms with E-state index in [0.29, 0.717) is 11.6 Å². The highest BCUT2D eigenvalue weighted by molar-refractivity contribution is 6.31. The Morgan fingerprint density at radius 3 is 3.09 bits per heavy atom. The van der Waals surface area contributed by atoms with Crippen molar-refractivity contribution in [3.63, 3.8) is 0 Å². The summed E-state index contributed by atoms with van der Waals surface area (Å²) in [6, 6.07) is 3.84. The van der Waals surface area contributed by atoms with Gasteiger partial charge in [-0.25, -0.2) is 4.39 Å². The van der Waals surface area contributed by atoms with E-state index in [9.17, 15) is 9.18 Å². The number of carbonyl (C=O) groups is 1. The standard InChI is InChI=1S/C16H23ClFN3O2/c1-23-10-15(19)16(22)20-13-3-2-6-21(9-13)8-11-4-5-12(18)7-14(11)17/h4-5,7,13,15H,2-3,6,8-10,19H2,1H3,(H,20,22). The number of amides is 1. The summed E-state index contributed by atoms with van der Waals surface area (Å²) in [5.74, 6) is -0.534. The molecular weight excluding hydrogens is 321 g/mol. The first-order valence-electron chi connectivity index (χ1n) is 7.70. The van der Waals surface area contributed by atoms with Crippen molar-refractivity contribution < 1.29 is 13.9 Å². The van der Waals surface area contributed by atoms with Gasteiger partial charge < -0.3 is 15.8 Å². The summed E-state index contributed by atoms with van der Waals surface area (Å²) in [4.78, 5) is 14.2. The number of carbonyl (C=O) groups excluding carboxylic acids is 1. The Balaban J connectivity index is 1.89. The maximum atomic E-state index is 13.1. The van der Waals surface area contributed by atoms with Gasteiger partial charge in [-0.2, -0.15) is 0 Å². The Hall–Kier alpha value is -1.21. The zero-order chi connectivity index (χ0) is 16.8. The van der Waals surface area contributed by atoms with E-state index in [1.165, 1.54) is 19.2 Å². The number of ether oxygens (including phenoxy) is 1. The van der Waals surface area contributed by atoms with Crippen molar-refractivity contribution in [3.05, 3.63) is 34.6 Å². The number of nitrogens with zero attached hydrogens (tertiary/aromatic N) is 1. The van der Waals surface area contributed by atoms with Gasteiger partial charge in [0.15, 0.2) is 0 Å². The molecule has 2 rings (SSSR count). The minimum atomic E-state index is -0.651. The second-order valence-corrected chi connectivity index (χ2v) is 6.29. The number of nitrogens with two attached hydrogens (primary N) is 1. The van der Waals surface area contributed by atoms with Gasteiger partial charge in [-0.3, -0.25) is 9.69 Å². The van der Waals surface area contributed by atoms with Gasteiger partial charge in [0, 0.05) is 31.3 Å². The molecular formula is C16H23ClFN3O2. The monoisotopic (exact) mass is 343 g/mol. The molecule has 128 valence electrons. The Morgan fingerprint density at radius 1 is 1.61 bits per heavy atom. The van der Waals surface area contributed by atoms with Gasteiger partial charge in [-0.15, -0.1) is 0 Å². The molecule has 1 amide bonds. The van der Waals surface area contributed by atoms with Gasteiger partial charge in [0.1, 0.15) is 11.9 Å². The molecule has 0 radical (unpaired) electrons. The van der Waals surface area contributed by atoms with Crippen LogP contribution in [0, 0.1) is 5.82 Å². The summed E-state index contributed by atoms with van der Waals surface area (Å²) in [5, 5.41) is 3.39. The third-order valence-corrected chi connectivity index (χ3v) is 4.30. The van der Waals surface area contributed by atoms with Crippen LogP contribution >= 0.6 is 11.6 Å². The largest absolute Gasteiger partial charge is 0.383 e. The molecule has 1 aromatic rings. The van der Waals surface area contributed by atoms with E-state index in [4.69, 9.17) is 22.1 Å². The molecule has 1 aliphatic rings. The van der Waals surface area contributed by atoms with E-state index < -0.39 is 6.04 Å². The molecule has 23 heavy (non-hydrogen) atoms. The number of hydrogen-bond acceptors (Lipinski definition) is 4. The second kappa shape index (κ2) is 8.59. The molecule has 0 bridgehead atoms. The highest BCUT2D eigenvalue weighted by Gasteiger charge is 2.24. The lowest BCUT2D eigenvalue weighted by Gasteiger charge is -2.33. The fourth-order valence-corrected chi connectivity index (χ4v) is 3.00. The van der Waals surface area contributed by atoms with E-state index >= 15 is 0 Å². The molecule has 1 fully saturated rings.